The average molecular weight is 242 g/mol. The molecule has 0 heterocycles. The van der Waals surface area contributed by atoms with Gasteiger partial charge in [-0.3, -0.25) is 0 Å². The molecule has 0 atom stereocenters. The number of rotatable bonds is 3. The summed E-state index contributed by atoms with van der Waals surface area (Å²) in [6.07, 6.45) is 0. The summed E-state index contributed by atoms with van der Waals surface area (Å²) >= 11 is 0. The first-order chi connectivity index (χ1) is 7.35. The summed E-state index contributed by atoms with van der Waals surface area (Å²) in [6, 6.07) is 1.71. The molecule has 0 spiro atoms. The highest BCUT2D eigenvalue weighted by molar-refractivity contribution is 7.89. The number of nitrogens with one attached hydrogen (secondary N) is 1. The van der Waals surface area contributed by atoms with Crippen LogP contribution in [-0.2, 0) is 10.0 Å². The van der Waals surface area contributed by atoms with E-state index in [9.17, 15) is 8.42 Å². The maximum atomic E-state index is 11.8. The van der Waals surface area contributed by atoms with Gasteiger partial charge in [0.15, 0.2) is 0 Å². The van der Waals surface area contributed by atoms with Crippen molar-refractivity contribution in [2.45, 2.75) is 25.7 Å². The van der Waals surface area contributed by atoms with Gasteiger partial charge in [-0.1, -0.05) is 0 Å². The molecule has 1 aromatic rings. The van der Waals surface area contributed by atoms with Crippen LogP contribution >= 0.6 is 0 Å². The summed E-state index contributed by atoms with van der Waals surface area (Å²) in [5.74, 6) is 0.693. The van der Waals surface area contributed by atoms with E-state index in [1.807, 2.05) is 6.92 Å². The summed E-state index contributed by atoms with van der Waals surface area (Å²) in [5.41, 5.74) is 2.16. The van der Waals surface area contributed by atoms with E-state index in [4.69, 9.17) is 4.74 Å². The van der Waals surface area contributed by atoms with Crippen LogP contribution in [0.15, 0.2) is 11.0 Å². The molecule has 0 amide bonds. The topological polar surface area (TPSA) is 55.4 Å². The first-order valence-corrected chi connectivity index (χ1v) is 6.27. The van der Waals surface area contributed by atoms with Gasteiger partial charge in [0, 0.05) is 7.05 Å². The van der Waals surface area contributed by atoms with Crippen LogP contribution in [0.3, 0.4) is 0 Å². The molecule has 5 heteroatoms. The molecule has 0 saturated heterocycles. The molecule has 1 N–H and O–H groups in total. The minimum absolute atomic E-state index is 0.279. The molecule has 0 aliphatic carbocycles. The van der Waals surface area contributed by atoms with E-state index < -0.39 is 10.0 Å². The monoisotopic (exact) mass is 242 g/mol. The van der Waals surface area contributed by atoms with E-state index in [0.717, 1.165) is 5.56 Å². The molecule has 1 aromatic carbocycles. The third-order valence-electron chi connectivity index (χ3n) is 2.66. The lowest BCUT2D eigenvalue weighted by Crippen LogP contribution is -2.19. The molecular formula is C11H16NO3S. The first kappa shape index (κ1) is 13.0. The lowest BCUT2D eigenvalue weighted by Gasteiger charge is -2.15. The maximum Gasteiger partial charge on any atom is 0.241 e. The van der Waals surface area contributed by atoms with Crippen molar-refractivity contribution >= 4 is 10.0 Å². The number of sulfonamides is 1. The second kappa shape index (κ2) is 4.43. The van der Waals surface area contributed by atoms with Crippen molar-refractivity contribution in [2.75, 3.05) is 7.11 Å². The van der Waals surface area contributed by atoms with E-state index in [1.165, 1.54) is 0 Å². The number of ether oxygens (including phenoxy) is 1. The lowest BCUT2D eigenvalue weighted by molar-refractivity contribution is 0.410. The Bertz CT molecular complexity index is 506. The van der Waals surface area contributed by atoms with E-state index in [2.05, 4.69) is 11.8 Å². The van der Waals surface area contributed by atoms with Gasteiger partial charge in [0.2, 0.25) is 10.0 Å². The second-order valence-corrected chi connectivity index (χ2v) is 5.33. The van der Waals surface area contributed by atoms with Gasteiger partial charge in [0.05, 0.1) is 12.0 Å². The Morgan fingerprint density at radius 1 is 1.25 bits per heavy atom. The molecule has 4 nitrogen and oxygen atoms in total. The molecule has 0 fully saturated rings. The number of methoxy groups -OCH3 is 1. The summed E-state index contributed by atoms with van der Waals surface area (Å²) in [6.45, 7) is 5.32. The van der Waals surface area contributed by atoms with Gasteiger partial charge in [-0.2, -0.15) is 0 Å². The van der Waals surface area contributed by atoms with Crippen molar-refractivity contribution in [1.82, 2.24) is 4.72 Å². The van der Waals surface area contributed by atoms with Crippen molar-refractivity contribution in [3.05, 3.63) is 29.8 Å². The van der Waals surface area contributed by atoms with Crippen LogP contribution in [0.5, 0.6) is 5.75 Å². The zero-order valence-electron chi connectivity index (χ0n) is 9.92. The van der Waals surface area contributed by atoms with E-state index >= 15 is 0 Å². The lowest BCUT2D eigenvalue weighted by atomic mass is 10.1. The zero-order chi connectivity index (χ0) is 12.5. The van der Waals surface area contributed by atoms with Crippen molar-refractivity contribution in [3.8, 4) is 5.75 Å². The van der Waals surface area contributed by atoms with Crippen LogP contribution in [0.1, 0.15) is 16.7 Å². The summed E-state index contributed by atoms with van der Waals surface area (Å²) in [5, 5.41) is 0. The van der Waals surface area contributed by atoms with Crippen LogP contribution < -0.4 is 9.46 Å². The summed E-state index contributed by atoms with van der Waals surface area (Å²) in [4.78, 5) is 0.279. The standard InChI is InChI=1S/C11H16NO3S/c1-7-6-10(15-5)8(2)9(3)11(7)16(13,14)12-4/h6,12H,4H2,1-3,5H3. The Morgan fingerprint density at radius 2 is 1.81 bits per heavy atom. The largest absolute Gasteiger partial charge is 0.496 e. The Kier molecular flexibility index (Phi) is 3.60. The maximum absolute atomic E-state index is 11.8. The van der Waals surface area contributed by atoms with Gasteiger partial charge in [0.25, 0.3) is 0 Å². The van der Waals surface area contributed by atoms with Crippen molar-refractivity contribution in [1.29, 1.82) is 0 Å². The highest BCUT2D eigenvalue weighted by atomic mass is 32.2. The van der Waals surface area contributed by atoms with Gasteiger partial charge < -0.3 is 4.74 Å². The first-order valence-electron chi connectivity index (χ1n) is 4.78. The molecule has 0 bridgehead atoms. The Balaban J connectivity index is 3.61. The Morgan fingerprint density at radius 3 is 2.25 bits per heavy atom. The molecule has 0 aromatic heterocycles. The van der Waals surface area contributed by atoms with E-state index in [1.54, 1.807) is 27.0 Å². The number of hydrogen-bond donors (Lipinski definition) is 1. The quantitative estimate of drug-likeness (QED) is 0.877. The number of benzene rings is 1. The van der Waals surface area contributed by atoms with Crippen LogP contribution in [0.4, 0.5) is 0 Å². The molecule has 0 unspecified atom stereocenters. The average Bonchev–Trinajstić information content (AvgIpc) is 2.23. The molecule has 1 radical (unpaired) electrons. The Hall–Kier alpha value is -1.07. The molecule has 0 aliphatic heterocycles. The number of hydrogen-bond acceptors (Lipinski definition) is 3. The minimum Gasteiger partial charge on any atom is -0.496 e. The van der Waals surface area contributed by atoms with Gasteiger partial charge in [-0.25, -0.2) is 13.1 Å². The van der Waals surface area contributed by atoms with Crippen LogP contribution in [0.25, 0.3) is 0 Å². The molecule has 0 saturated carbocycles. The van der Waals surface area contributed by atoms with E-state index in [0.29, 0.717) is 16.9 Å². The minimum atomic E-state index is -3.52. The van der Waals surface area contributed by atoms with Gasteiger partial charge in [0.1, 0.15) is 5.75 Å². The van der Waals surface area contributed by atoms with Gasteiger partial charge in [-0.05, 0) is 43.5 Å². The molecule has 0 aliphatic rings. The Labute approximate surface area is 96.7 Å². The third kappa shape index (κ3) is 2.05. The highest BCUT2D eigenvalue weighted by Crippen LogP contribution is 2.30. The van der Waals surface area contributed by atoms with Gasteiger partial charge in [-0.15, -0.1) is 0 Å². The highest BCUT2D eigenvalue weighted by Gasteiger charge is 2.20. The van der Waals surface area contributed by atoms with Crippen LogP contribution in [0, 0.1) is 27.8 Å². The summed E-state index contributed by atoms with van der Waals surface area (Å²) < 4.78 is 30.8. The molecule has 16 heavy (non-hydrogen) atoms. The fourth-order valence-electron chi connectivity index (χ4n) is 1.72. The third-order valence-corrected chi connectivity index (χ3v) is 4.20. The predicted octanol–water partition coefficient (Wildman–Crippen LogP) is 1.69. The fraction of sp³-hybridized carbons (Fsp3) is 0.364. The van der Waals surface area contributed by atoms with Crippen molar-refractivity contribution in [3.63, 3.8) is 0 Å². The smallest absolute Gasteiger partial charge is 0.241 e. The molecule has 89 valence electrons. The van der Waals surface area contributed by atoms with Crippen LogP contribution in [0.2, 0.25) is 0 Å². The normalized spacial score (nSPS) is 11.6. The van der Waals surface area contributed by atoms with E-state index in [-0.39, 0.29) is 4.90 Å². The zero-order valence-corrected chi connectivity index (χ0v) is 10.7. The fourth-order valence-corrected chi connectivity index (χ4v) is 2.90. The number of aryl methyl sites for hydroxylation is 1. The molecule has 1 rings (SSSR count). The van der Waals surface area contributed by atoms with Crippen molar-refractivity contribution in [2.24, 2.45) is 0 Å². The van der Waals surface area contributed by atoms with Crippen molar-refractivity contribution < 1.29 is 13.2 Å². The van der Waals surface area contributed by atoms with Gasteiger partial charge >= 0.3 is 0 Å². The summed E-state index contributed by atoms with van der Waals surface area (Å²) in [7, 11) is 1.26. The second-order valence-electron chi connectivity index (χ2n) is 3.62. The molecular weight excluding hydrogens is 226 g/mol. The predicted molar refractivity (Wildman–Crippen MR) is 62.9 cm³/mol. The SMILES string of the molecule is [CH2]NS(=O)(=O)c1c(C)cc(OC)c(C)c1C. The van der Waals surface area contributed by atoms with Crippen LogP contribution in [-0.4, -0.2) is 15.5 Å².